The lowest BCUT2D eigenvalue weighted by Crippen LogP contribution is -2.45. The smallest absolute Gasteiger partial charge is 0.248 e. The average Bonchev–Trinajstić information content (AvgIpc) is 2.30. The van der Waals surface area contributed by atoms with E-state index in [1.54, 1.807) is 12.1 Å². The summed E-state index contributed by atoms with van der Waals surface area (Å²) in [6, 6.07) is 5.11. The second-order valence-electron chi connectivity index (χ2n) is 5.48. The molecule has 1 amide bonds. The summed E-state index contributed by atoms with van der Waals surface area (Å²) < 4.78 is 0. The lowest BCUT2D eigenvalue weighted by Gasteiger charge is -2.37. The molecule has 2 rings (SSSR count). The van der Waals surface area contributed by atoms with E-state index in [9.17, 15) is 9.90 Å². The van der Waals surface area contributed by atoms with E-state index in [1.807, 2.05) is 13.0 Å². The maximum absolute atomic E-state index is 11.1. The number of benzene rings is 1. The quantitative estimate of drug-likeness (QED) is 0.888. The minimum Gasteiger partial charge on any atom is -0.389 e. The number of halogens is 1. The number of likely N-dealkylation sites (tertiary alicyclic amines) is 1. The van der Waals surface area contributed by atoms with Crippen molar-refractivity contribution in [1.29, 1.82) is 0 Å². The Kier molecular flexibility index (Phi) is 4.13. The molecular formula is C14H19ClN2O2. The molecule has 0 spiro atoms. The summed E-state index contributed by atoms with van der Waals surface area (Å²) >= 11 is 6.17. The van der Waals surface area contributed by atoms with Crippen LogP contribution in [-0.4, -0.2) is 34.6 Å². The third-order valence-corrected chi connectivity index (χ3v) is 3.84. The number of rotatable bonds is 3. The Morgan fingerprint density at radius 1 is 1.58 bits per heavy atom. The van der Waals surface area contributed by atoms with E-state index in [0.717, 1.165) is 24.9 Å². The van der Waals surface area contributed by atoms with Crippen molar-refractivity contribution in [1.82, 2.24) is 4.90 Å². The highest BCUT2D eigenvalue weighted by atomic mass is 35.5. The third kappa shape index (κ3) is 3.69. The Labute approximate surface area is 118 Å². The van der Waals surface area contributed by atoms with E-state index in [-0.39, 0.29) is 0 Å². The van der Waals surface area contributed by atoms with Crippen LogP contribution >= 0.6 is 11.6 Å². The number of piperidine rings is 1. The first-order chi connectivity index (χ1) is 8.87. The van der Waals surface area contributed by atoms with Gasteiger partial charge in [0.05, 0.1) is 5.60 Å². The van der Waals surface area contributed by atoms with Gasteiger partial charge in [-0.25, -0.2) is 0 Å². The predicted molar refractivity (Wildman–Crippen MR) is 75.1 cm³/mol. The van der Waals surface area contributed by atoms with Crippen molar-refractivity contribution in [2.45, 2.75) is 31.9 Å². The van der Waals surface area contributed by atoms with Crippen LogP contribution in [0.3, 0.4) is 0 Å². The molecule has 1 unspecified atom stereocenters. The van der Waals surface area contributed by atoms with E-state index in [2.05, 4.69) is 4.90 Å². The molecule has 1 atom stereocenters. The second-order valence-corrected chi connectivity index (χ2v) is 5.89. The number of amides is 1. The lowest BCUT2D eigenvalue weighted by atomic mass is 9.95. The van der Waals surface area contributed by atoms with Gasteiger partial charge in [0.25, 0.3) is 0 Å². The van der Waals surface area contributed by atoms with E-state index in [4.69, 9.17) is 17.3 Å². The molecule has 1 aromatic rings. The van der Waals surface area contributed by atoms with Gasteiger partial charge in [0, 0.05) is 23.7 Å². The van der Waals surface area contributed by atoms with Crippen LogP contribution in [0.25, 0.3) is 0 Å². The molecule has 1 saturated heterocycles. The standard InChI is InChI=1S/C14H19ClN2O2/c1-14(19)5-2-6-17(9-14)8-11-4-3-10(13(16)18)7-12(11)15/h3-4,7,19H,2,5-6,8-9H2,1H3,(H2,16,18). The number of aliphatic hydroxyl groups is 1. The minimum atomic E-state index is -0.627. The fourth-order valence-electron chi connectivity index (χ4n) is 2.53. The maximum atomic E-state index is 11.1. The van der Waals surface area contributed by atoms with Crippen LogP contribution in [0.2, 0.25) is 5.02 Å². The number of carbonyl (C=O) groups is 1. The summed E-state index contributed by atoms with van der Waals surface area (Å²) in [6.45, 7) is 4.12. The van der Waals surface area contributed by atoms with Gasteiger partial charge in [-0.2, -0.15) is 0 Å². The van der Waals surface area contributed by atoms with Crippen molar-refractivity contribution >= 4 is 17.5 Å². The fourth-order valence-corrected chi connectivity index (χ4v) is 2.77. The summed E-state index contributed by atoms with van der Waals surface area (Å²) in [5.74, 6) is -0.477. The topological polar surface area (TPSA) is 66.6 Å². The van der Waals surface area contributed by atoms with Crippen LogP contribution in [-0.2, 0) is 6.54 Å². The first-order valence-corrected chi connectivity index (χ1v) is 6.78. The van der Waals surface area contributed by atoms with Crippen molar-refractivity contribution in [2.75, 3.05) is 13.1 Å². The van der Waals surface area contributed by atoms with Gasteiger partial charge in [-0.3, -0.25) is 9.69 Å². The van der Waals surface area contributed by atoms with Crippen molar-refractivity contribution in [2.24, 2.45) is 5.73 Å². The Bertz CT molecular complexity index is 488. The minimum absolute atomic E-state index is 0.416. The Hall–Kier alpha value is -1.10. The summed E-state index contributed by atoms with van der Waals surface area (Å²) in [5.41, 5.74) is 5.95. The number of nitrogens with zero attached hydrogens (tertiary/aromatic N) is 1. The van der Waals surface area contributed by atoms with Crippen LogP contribution in [0.5, 0.6) is 0 Å². The monoisotopic (exact) mass is 282 g/mol. The van der Waals surface area contributed by atoms with Crippen LogP contribution in [0.15, 0.2) is 18.2 Å². The Morgan fingerprint density at radius 3 is 2.89 bits per heavy atom. The molecule has 1 aliphatic rings. The zero-order chi connectivity index (χ0) is 14.0. The van der Waals surface area contributed by atoms with Gasteiger partial charge in [0.15, 0.2) is 0 Å². The molecule has 0 saturated carbocycles. The molecule has 19 heavy (non-hydrogen) atoms. The largest absolute Gasteiger partial charge is 0.389 e. The SMILES string of the molecule is CC1(O)CCCN(Cc2ccc(C(N)=O)cc2Cl)C1. The van der Waals surface area contributed by atoms with Gasteiger partial charge >= 0.3 is 0 Å². The molecule has 4 nitrogen and oxygen atoms in total. The van der Waals surface area contributed by atoms with Gasteiger partial charge in [0.1, 0.15) is 0 Å². The number of nitrogens with two attached hydrogens (primary N) is 1. The highest BCUT2D eigenvalue weighted by Gasteiger charge is 2.28. The normalized spacial score (nSPS) is 24.4. The summed E-state index contributed by atoms with van der Waals surface area (Å²) in [5, 5.41) is 10.6. The van der Waals surface area contributed by atoms with E-state index >= 15 is 0 Å². The molecule has 1 fully saturated rings. The number of primary amides is 1. The van der Waals surface area contributed by atoms with Crippen LogP contribution in [0, 0.1) is 0 Å². The molecule has 0 aromatic heterocycles. The first-order valence-electron chi connectivity index (χ1n) is 6.40. The van der Waals surface area contributed by atoms with Crippen LogP contribution in [0.4, 0.5) is 0 Å². The average molecular weight is 283 g/mol. The van der Waals surface area contributed by atoms with Crippen LogP contribution in [0.1, 0.15) is 35.7 Å². The molecule has 0 aliphatic carbocycles. The van der Waals surface area contributed by atoms with Crippen LogP contribution < -0.4 is 5.73 Å². The number of hydrogen-bond acceptors (Lipinski definition) is 3. The van der Waals surface area contributed by atoms with Gasteiger partial charge in [-0.1, -0.05) is 17.7 Å². The molecule has 1 aromatic carbocycles. The number of carbonyl (C=O) groups excluding carboxylic acids is 1. The van der Waals surface area contributed by atoms with Gasteiger partial charge < -0.3 is 10.8 Å². The fraction of sp³-hybridized carbons (Fsp3) is 0.500. The zero-order valence-electron chi connectivity index (χ0n) is 11.0. The summed E-state index contributed by atoms with van der Waals surface area (Å²) in [6.07, 6.45) is 1.81. The Balaban J connectivity index is 2.09. The molecule has 5 heteroatoms. The van der Waals surface area contributed by atoms with Crippen molar-refractivity contribution in [3.63, 3.8) is 0 Å². The zero-order valence-corrected chi connectivity index (χ0v) is 11.8. The van der Waals surface area contributed by atoms with Gasteiger partial charge in [0.2, 0.25) is 5.91 Å². The molecule has 0 bridgehead atoms. The molecule has 104 valence electrons. The van der Waals surface area contributed by atoms with Crippen molar-refractivity contribution < 1.29 is 9.90 Å². The first kappa shape index (κ1) is 14.3. The number of β-amino-alcohol motifs (C(OH)–C–C–N with tert-alkyl or cyclic N) is 1. The third-order valence-electron chi connectivity index (χ3n) is 3.49. The van der Waals surface area contributed by atoms with Gasteiger partial charge in [-0.15, -0.1) is 0 Å². The van der Waals surface area contributed by atoms with E-state index in [0.29, 0.717) is 23.7 Å². The summed E-state index contributed by atoms with van der Waals surface area (Å²) in [4.78, 5) is 13.2. The summed E-state index contributed by atoms with van der Waals surface area (Å²) in [7, 11) is 0. The van der Waals surface area contributed by atoms with Crippen molar-refractivity contribution in [3.8, 4) is 0 Å². The molecule has 1 heterocycles. The number of hydrogen-bond donors (Lipinski definition) is 2. The van der Waals surface area contributed by atoms with E-state index in [1.165, 1.54) is 0 Å². The lowest BCUT2D eigenvalue weighted by molar-refractivity contribution is -0.0181. The predicted octanol–water partition coefficient (Wildman–Crippen LogP) is 1.79. The molecule has 1 aliphatic heterocycles. The van der Waals surface area contributed by atoms with Gasteiger partial charge in [-0.05, 0) is 44.0 Å². The molecule has 3 N–H and O–H groups in total. The highest BCUT2D eigenvalue weighted by molar-refractivity contribution is 6.31. The second kappa shape index (κ2) is 5.49. The Morgan fingerprint density at radius 2 is 2.32 bits per heavy atom. The molecule has 0 radical (unpaired) electrons. The highest BCUT2D eigenvalue weighted by Crippen LogP contribution is 2.24. The van der Waals surface area contributed by atoms with Crippen molar-refractivity contribution in [3.05, 3.63) is 34.3 Å². The maximum Gasteiger partial charge on any atom is 0.248 e. The van der Waals surface area contributed by atoms with E-state index < -0.39 is 11.5 Å². The molecular weight excluding hydrogens is 264 g/mol.